The Bertz CT molecular complexity index is 723. The molecule has 0 atom stereocenters. The number of benzene rings is 2. The minimum absolute atomic E-state index is 0.0890. The van der Waals surface area contributed by atoms with Crippen LogP contribution in [0.5, 0.6) is 0 Å². The Morgan fingerprint density at radius 2 is 1.57 bits per heavy atom. The van der Waals surface area contributed by atoms with Crippen molar-refractivity contribution in [3.8, 4) is 0 Å². The molecule has 0 unspecified atom stereocenters. The molecule has 0 aromatic heterocycles. The third-order valence-corrected chi connectivity index (χ3v) is 5.54. The summed E-state index contributed by atoms with van der Waals surface area (Å²) in [5, 5.41) is 0. The molecule has 0 saturated heterocycles. The van der Waals surface area contributed by atoms with E-state index in [4.69, 9.17) is 0 Å². The number of rotatable bonds is 4. The second kappa shape index (κ2) is 5.24. The van der Waals surface area contributed by atoms with E-state index < -0.39 is 21.4 Å². The van der Waals surface area contributed by atoms with E-state index in [0.717, 1.165) is 37.0 Å². The SMILES string of the molecule is O=S(=O)(NC1(c2ccccc2)CCC1)c1ccc(F)cc1. The molecule has 1 aliphatic carbocycles. The molecule has 3 nitrogen and oxygen atoms in total. The molecule has 1 fully saturated rings. The van der Waals surface area contributed by atoms with Crippen LogP contribution in [-0.4, -0.2) is 8.42 Å². The van der Waals surface area contributed by atoms with Crippen molar-refractivity contribution in [1.29, 1.82) is 0 Å². The van der Waals surface area contributed by atoms with Crippen molar-refractivity contribution in [2.45, 2.75) is 29.7 Å². The molecule has 3 rings (SSSR count). The molecule has 0 heterocycles. The Labute approximate surface area is 123 Å². The van der Waals surface area contributed by atoms with Crippen molar-refractivity contribution < 1.29 is 12.8 Å². The molecule has 0 spiro atoms. The molecule has 21 heavy (non-hydrogen) atoms. The van der Waals surface area contributed by atoms with E-state index in [1.807, 2.05) is 30.3 Å². The fraction of sp³-hybridized carbons (Fsp3) is 0.250. The average Bonchev–Trinajstić information content (AvgIpc) is 2.44. The minimum atomic E-state index is -3.66. The molecule has 0 bridgehead atoms. The van der Waals surface area contributed by atoms with Gasteiger partial charge < -0.3 is 0 Å². The normalized spacial score (nSPS) is 17.2. The Balaban J connectivity index is 1.92. The van der Waals surface area contributed by atoms with Crippen LogP contribution >= 0.6 is 0 Å². The molecular formula is C16H16FNO2S. The van der Waals surface area contributed by atoms with Crippen molar-refractivity contribution in [3.63, 3.8) is 0 Å². The van der Waals surface area contributed by atoms with Gasteiger partial charge in [0.25, 0.3) is 0 Å². The lowest BCUT2D eigenvalue weighted by atomic mass is 9.73. The zero-order valence-corrected chi connectivity index (χ0v) is 12.2. The summed E-state index contributed by atoms with van der Waals surface area (Å²) < 4.78 is 40.7. The summed E-state index contributed by atoms with van der Waals surface area (Å²) in [7, 11) is -3.66. The van der Waals surface area contributed by atoms with E-state index in [0.29, 0.717) is 0 Å². The van der Waals surface area contributed by atoms with E-state index in [9.17, 15) is 12.8 Å². The quantitative estimate of drug-likeness (QED) is 0.943. The molecule has 1 N–H and O–H groups in total. The van der Waals surface area contributed by atoms with Gasteiger partial charge in [-0.25, -0.2) is 17.5 Å². The molecule has 1 saturated carbocycles. The summed E-state index contributed by atoms with van der Waals surface area (Å²) in [4.78, 5) is 0.0890. The van der Waals surface area contributed by atoms with Gasteiger partial charge in [0.2, 0.25) is 10.0 Å². The van der Waals surface area contributed by atoms with Crippen molar-refractivity contribution in [2.75, 3.05) is 0 Å². The van der Waals surface area contributed by atoms with E-state index in [1.54, 1.807) is 0 Å². The number of hydrogen-bond acceptors (Lipinski definition) is 2. The van der Waals surface area contributed by atoms with Gasteiger partial charge in [-0.3, -0.25) is 0 Å². The smallest absolute Gasteiger partial charge is 0.207 e. The first-order valence-corrected chi connectivity index (χ1v) is 8.35. The first kappa shape index (κ1) is 14.2. The highest BCUT2D eigenvalue weighted by molar-refractivity contribution is 7.89. The fourth-order valence-corrected chi connectivity index (χ4v) is 4.12. The van der Waals surface area contributed by atoms with Gasteiger partial charge in [0.1, 0.15) is 5.82 Å². The van der Waals surface area contributed by atoms with Crippen LogP contribution in [0.4, 0.5) is 4.39 Å². The highest BCUT2D eigenvalue weighted by Gasteiger charge is 2.42. The third-order valence-electron chi connectivity index (χ3n) is 3.99. The van der Waals surface area contributed by atoms with Gasteiger partial charge in [-0.2, -0.15) is 0 Å². The maximum absolute atomic E-state index is 12.9. The largest absolute Gasteiger partial charge is 0.241 e. The standard InChI is InChI=1S/C16H16FNO2S/c17-14-7-9-15(10-8-14)21(19,20)18-16(11-4-12-16)13-5-2-1-3-6-13/h1-3,5-10,18H,4,11-12H2. The fourth-order valence-electron chi connectivity index (χ4n) is 2.67. The Hall–Kier alpha value is -1.72. The van der Waals surface area contributed by atoms with Crippen molar-refractivity contribution in [3.05, 3.63) is 66.0 Å². The van der Waals surface area contributed by atoms with Gasteiger partial charge in [-0.15, -0.1) is 0 Å². The van der Waals surface area contributed by atoms with E-state index in [1.165, 1.54) is 12.1 Å². The van der Waals surface area contributed by atoms with E-state index in [-0.39, 0.29) is 4.90 Å². The lowest BCUT2D eigenvalue weighted by Crippen LogP contribution is -2.50. The van der Waals surface area contributed by atoms with Crippen LogP contribution in [0.15, 0.2) is 59.5 Å². The number of nitrogens with one attached hydrogen (secondary N) is 1. The summed E-state index contributed by atoms with van der Waals surface area (Å²) in [5.74, 6) is -0.449. The Kier molecular flexibility index (Phi) is 3.55. The van der Waals surface area contributed by atoms with Gasteiger partial charge in [0, 0.05) is 0 Å². The first-order valence-electron chi connectivity index (χ1n) is 6.87. The third kappa shape index (κ3) is 2.71. The minimum Gasteiger partial charge on any atom is -0.207 e. The van der Waals surface area contributed by atoms with Crippen molar-refractivity contribution in [1.82, 2.24) is 4.72 Å². The second-order valence-electron chi connectivity index (χ2n) is 5.36. The molecule has 110 valence electrons. The summed E-state index contributed by atoms with van der Waals surface area (Å²) in [6, 6.07) is 14.5. The summed E-state index contributed by atoms with van der Waals surface area (Å²) in [6.07, 6.45) is 2.54. The molecule has 0 amide bonds. The summed E-state index contributed by atoms with van der Waals surface area (Å²) in [5.41, 5.74) is 0.441. The first-order chi connectivity index (χ1) is 10.0. The predicted molar refractivity (Wildman–Crippen MR) is 78.7 cm³/mol. The molecule has 2 aromatic rings. The van der Waals surface area contributed by atoms with Crippen LogP contribution in [0.1, 0.15) is 24.8 Å². The Morgan fingerprint density at radius 3 is 2.10 bits per heavy atom. The second-order valence-corrected chi connectivity index (χ2v) is 7.04. The monoisotopic (exact) mass is 305 g/mol. The highest BCUT2D eigenvalue weighted by Crippen LogP contribution is 2.42. The van der Waals surface area contributed by atoms with Crippen molar-refractivity contribution in [2.24, 2.45) is 0 Å². The van der Waals surface area contributed by atoms with Gasteiger partial charge in [-0.05, 0) is 49.1 Å². The van der Waals surface area contributed by atoms with E-state index in [2.05, 4.69) is 4.72 Å². The Morgan fingerprint density at radius 1 is 0.952 bits per heavy atom. The lowest BCUT2D eigenvalue weighted by Gasteiger charge is -2.42. The van der Waals surface area contributed by atoms with E-state index >= 15 is 0 Å². The number of hydrogen-bond donors (Lipinski definition) is 1. The maximum atomic E-state index is 12.9. The van der Waals surface area contributed by atoms with Gasteiger partial charge >= 0.3 is 0 Å². The van der Waals surface area contributed by atoms with Crippen LogP contribution in [0.3, 0.4) is 0 Å². The lowest BCUT2D eigenvalue weighted by molar-refractivity contribution is 0.224. The van der Waals surface area contributed by atoms with Gasteiger partial charge in [0.05, 0.1) is 10.4 Å². The number of halogens is 1. The van der Waals surface area contributed by atoms with Crippen LogP contribution in [-0.2, 0) is 15.6 Å². The average molecular weight is 305 g/mol. The zero-order valence-electron chi connectivity index (χ0n) is 11.4. The number of sulfonamides is 1. The maximum Gasteiger partial charge on any atom is 0.241 e. The summed E-state index contributed by atoms with van der Waals surface area (Å²) >= 11 is 0. The van der Waals surface area contributed by atoms with Gasteiger partial charge in [-0.1, -0.05) is 30.3 Å². The molecular weight excluding hydrogens is 289 g/mol. The predicted octanol–water partition coefficient (Wildman–Crippen LogP) is 3.18. The van der Waals surface area contributed by atoms with Gasteiger partial charge in [0.15, 0.2) is 0 Å². The molecule has 0 radical (unpaired) electrons. The molecule has 0 aliphatic heterocycles. The highest BCUT2D eigenvalue weighted by atomic mass is 32.2. The molecule has 5 heteroatoms. The van der Waals surface area contributed by atoms with Crippen LogP contribution in [0.2, 0.25) is 0 Å². The molecule has 1 aliphatic rings. The molecule has 2 aromatic carbocycles. The topological polar surface area (TPSA) is 46.2 Å². The van der Waals surface area contributed by atoms with Crippen LogP contribution in [0.25, 0.3) is 0 Å². The van der Waals surface area contributed by atoms with Crippen LogP contribution < -0.4 is 4.72 Å². The van der Waals surface area contributed by atoms with Crippen LogP contribution in [0, 0.1) is 5.82 Å². The summed E-state index contributed by atoms with van der Waals surface area (Å²) in [6.45, 7) is 0. The van der Waals surface area contributed by atoms with Crippen molar-refractivity contribution >= 4 is 10.0 Å². The zero-order chi connectivity index (χ0) is 14.9.